The van der Waals surface area contributed by atoms with Crippen molar-refractivity contribution in [3.8, 4) is 45.0 Å². The van der Waals surface area contributed by atoms with Crippen molar-refractivity contribution in [1.29, 1.82) is 0 Å². The molecular weight excluding hydrogens is 595 g/mol. The summed E-state index contributed by atoms with van der Waals surface area (Å²) in [6, 6.07) is 67.0. The van der Waals surface area contributed by atoms with Gasteiger partial charge in [0.05, 0.1) is 5.69 Å². The fourth-order valence-corrected chi connectivity index (χ4v) is 6.93. The van der Waals surface area contributed by atoms with Crippen LogP contribution in [-0.2, 0) is 0 Å². The number of hydrogen-bond donors (Lipinski definition) is 2. The molecule has 0 spiro atoms. The third-order valence-corrected chi connectivity index (χ3v) is 9.40. The Labute approximate surface area is 285 Å². The van der Waals surface area contributed by atoms with Gasteiger partial charge in [0.15, 0.2) is 0 Å². The van der Waals surface area contributed by atoms with Crippen LogP contribution in [0.4, 0.5) is 17.1 Å². The lowest BCUT2D eigenvalue weighted by Crippen LogP contribution is -2.10. The standard InChI is InChI=1S/C46H33N3/c1-3-11-32(12-4-1)42-27-29-44(47-42)34-19-23-37(24-20-34)49(46-31-36-15-7-8-16-39(36)40-17-9-10-18-41(40)46)38-25-21-35(22-26-38)45-30-28-43(48-45)33-13-5-2-6-14-33/h1-31,47-48H. The van der Waals surface area contributed by atoms with Crippen molar-refractivity contribution < 1.29 is 0 Å². The third-order valence-electron chi connectivity index (χ3n) is 9.40. The number of aromatic nitrogens is 2. The van der Waals surface area contributed by atoms with Crippen molar-refractivity contribution in [2.24, 2.45) is 0 Å². The third kappa shape index (κ3) is 5.38. The van der Waals surface area contributed by atoms with Crippen LogP contribution >= 0.6 is 0 Å². The van der Waals surface area contributed by atoms with E-state index < -0.39 is 0 Å². The summed E-state index contributed by atoms with van der Waals surface area (Å²) in [7, 11) is 0. The van der Waals surface area contributed by atoms with Crippen molar-refractivity contribution in [3.63, 3.8) is 0 Å². The minimum atomic E-state index is 1.10. The summed E-state index contributed by atoms with van der Waals surface area (Å²) in [4.78, 5) is 9.62. The summed E-state index contributed by atoms with van der Waals surface area (Å²) in [6.07, 6.45) is 0. The van der Waals surface area contributed by atoms with Crippen LogP contribution in [0.2, 0.25) is 0 Å². The molecular formula is C46H33N3. The zero-order chi connectivity index (χ0) is 32.6. The normalized spacial score (nSPS) is 11.3. The van der Waals surface area contributed by atoms with Crippen molar-refractivity contribution in [2.75, 3.05) is 4.90 Å². The fourth-order valence-electron chi connectivity index (χ4n) is 6.93. The quantitative estimate of drug-likeness (QED) is 0.169. The maximum Gasteiger partial charge on any atom is 0.0546 e. The number of rotatable bonds is 7. The first-order chi connectivity index (χ1) is 24.3. The number of H-pyrrole nitrogens is 2. The topological polar surface area (TPSA) is 34.8 Å². The van der Waals surface area contributed by atoms with E-state index in [-0.39, 0.29) is 0 Å². The minimum Gasteiger partial charge on any atom is -0.355 e. The monoisotopic (exact) mass is 627 g/mol. The Balaban J connectivity index is 1.13. The predicted octanol–water partition coefficient (Wildman–Crippen LogP) is 12.8. The maximum atomic E-state index is 3.62. The van der Waals surface area contributed by atoms with E-state index in [9.17, 15) is 0 Å². The van der Waals surface area contributed by atoms with E-state index in [0.717, 1.165) is 51.0 Å². The molecule has 49 heavy (non-hydrogen) atoms. The summed E-state index contributed by atoms with van der Waals surface area (Å²) in [5.41, 5.74) is 12.4. The molecule has 0 saturated carbocycles. The number of aromatic amines is 2. The van der Waals surface area contributed by atoms with E-state index in [1.165, 1.54) is 32.7 Å². The van der Waals surface area contributed by atoms with Gasteiger partial charge in [-0.3, -0.25) is 0 Å². The highest BCUT2D eigenvalue weighted by atomic mass is 15.1. The maximum absolute atomic E-state index is 3.62. The Hall–Kier alpha value is -6.58. The number of hydrogen-bond acceptors (Lipinski definition) is 1. The van der Waals surface area contributed by atoms with Crippen molar-refractivity contribution in [1.82, 2.24) is 9.97 Å². The summed E-state index contributed by atoms with van der Waals surface area (Å²) < 4.78 is 0. The van der Waals surface area contributed by atoms with Crippen molar-refractivity contribution in [3.05, 3.63) is 188 Å². The van der Waals surface area contributed by atoms with Gasteiger partial charge < -0.3 is 14.9 Å². The van der Waals surface area contributed by atoms with Crippen LogP contribution in [0.5, 0.6) is 0 Å². The molecule has 0 aliphatic rings. The first-order valence-electron chi connectivity index (χ1n) is 16.7. The Morgan fingerprint density at radius 2 is 0.694 bits per heavy atom. The number of nitrogens with one attached hydrogen (secondary N) is 2. The van der Waals surface area contributed by atoms with E-state index in [2.05, 4.69) is 191 Å². The van der Waals surface area contributed by atoms with E-state index in [0.29, 0.717) is 0 Å². The Kier molecular flexibility index (Phi) is 7.14. The van der Waals surface area contributed by atoms with Gasteiger partial charge in [-0.2, -0.15) is 0 Å². The molecule has 0 aliphatic carbocycles. The van der Waals surface area contributed by atoms with Gasteiger partial charge in [0.1, 0.15) is 0 Å². The number of benzene rings is 7. The van der Waals surface area contributed by atoms with E-state index in [1.807, 2.05) is 12.1 Å². The van der Waals surface area contributed by atoms with Crippen LogP contribution in [0.25, 0.3) is 66.6 Å². The molecule has 0 aliphatic heterocycles. The Morgan fingerprint density at radius 3 is 1.18 bits per heavy atom. The number of anilines is 3. The van der Waals surface area contributed by atoms with Gasteiger partial charge in [0.2, 0.25) is 0 Å². The number of nitrogens with zero attached hydrogens (tertiary/aromatic N) is 1. The zero-order valence-corrected chi connectivity index (χ0v) is 26.8. The van der Waals surface area contributed by atoms with Gasteiger partial charge in [-0.1, -0.05) is 133 Å². The van der Waals surface area contributed by atoms with E-state index >= 15 is 0 Å². The molecule has 9 aromatic rings. The SMILES string of the molecule is c1ccc(-c2ccc(-c3ccc(N(c4ccc(-c5ccc(-c6ccccc6)[nH]5)cc4)c4cc5ccccc5c5ccccc45)cc3)[nH]2)cc1. The second kappa shape index (κ2) is 12.2. The van der Waals surface area contributed by atoms with E-state index in [1.54, 1.807) is 0 Å². The first kappa shape index (κ1) is 28.6. The molecule has 3 nitrogen and oxygen atoms in total. The highest BCUT2D eigenvalue weighted by molar-refractivity contribution is 6.14. The van der Waals surface area contributed by atoms with Gasteiger partial charge in [-0.25, -0.2) is 0 Å². The van der Waals surface area contributed by atoms with Crippen LogP contribution in [0.1, 0.15) is 0 Å². The molecule has 0 amide bonds. The summed E-state index contributed by atoms with van der Waals surface area (Å²) in [6.45, 7) is 0. The molecule has 0 atom stereocenters. The molecule has 2 aromatic heterocycles. The second-order valence-corrected chi connectivity index (χ2v) is 12.4. The Bertz CT molecular complexity index is 2400. The van der Waals surface area contributed by atoms with Crippen LogP contribution in [0.3, 0.4) is 0 Å². The highest BCUT2D eigenvalue weighted by Gasteiger charge is 2.18. The van der Waals surface area contributed by atoms with Crippen LogP contribution < -0.4 is 4.90 Å². The number of fused-ring (bicyclic) bond motifs is 3. The molecule has 0 bridgehead atoms. The van der Waals surface area contributed by atoms with Gasteiger partial charge in [-0.05, 0) is 93.0 Å². The van der Waals surface area contributed by atoms with Gasteiger partial charge in [0, 0.05) is 39.5 Å². The molecule has 0 fully saturated rings. The molecule has 2 heterocycles. The lowest BCUT2D eigenvalue weighted by molar-refractivity contribution is 1.30. The average molecular weight is 628 g/mol. The molecule has 232 valence electrons. The average Bonchev–Trinajstić information content (AvgIpc) is 3.88. The van der Waals surface area contributed by atoms with Crippen molar-refractivity contribution >= 4 is 38.6 Å². The largest absolute Gasteiger partial charge is 0.355 e. The minimum absolute atomic E-state index is 1.10. The molecule has 2 N–H and O–H groups in total. The van der Waals surface area contributed by atoms with Gasteiger partial charge >= 0.3 is 0 Å². The predicted molar refractivity (Wildman–Crippen MR) is 207 cm³/mol. The fraction of sp³-hybridized carbons (Fsp3) is 0. The molecule has 7 aromatic carbocycles. The zero-order valence-electron chi connectivity index (χ0n) is 26.8. The lowest BCUT2D eigenvalue weighted by atomic mass is 9.98. The molecule has 0 saturated heterocycles. The lowest BCUT2D eigenvalue weighted by Gasteiger charge is -2.28. The second-order valence-electron chi connectivity index (χ2n) is 12.4. The molecule has 3 heteroatoms. The van der Waals surface area contributed by atoms with Crippen LogP contribution in [0, 0.1) is 0 Å². The Morgan fingerprint density at radius 1 is 0.306 bits per heavy atom. The van der Waals surface area contributed by atoms with Crippen LogP contribution in [-0.4, -0.2) is 9.97 Å². The van der Waals surface area contributed by atoms with Gasteiger partial charge in [0.25, 0.3) is 0 Å². The summed E-state index contributed by atoms with van der Waals surface area (Å²) in [5, 5.41) is 4.93. The van der Waals surface area contributed by atoms with Gasteiger partial charge in [-0.15, -0.1) is 0 Å². The molecule has 0 unspecified atom stereocenters. The summed E-state index contributed by atoms with van der Waals surface area (Å²) in [5.74, 6) is 0. The first-order valence-corrected chi connectivity index (χ1v) is 16.7. The molecule has 9 rings (SSSR count). The van der Waals surface area contributed by atoms with Crippen LogP contribution in [0.15, 0.2) is 188 Å². The highest BCUT2D eigenvalue weighted by Crippen LogP contribution is 2.43. The van der Waals surface area contributed by atoms with Crippen molar-refractivity contribution in [2.45, 2.75) is 0 Å². The van der Waals surface area contributed by atoms with E-state index in [4.69, 9.17) is 0 Å². The summed E-state index contributed by atoms with van der Waals surface area (Å²) >= 11 is 0. The molecule has 0 radical (unpaired) electrons. The smallest absolute Gasteiger partial charge is 0.0546 e.